The lowest BCUT2D eigenvalue weighted by atomic mass is 10.0. The lowest BCUT2D eigenvalue weighted by Crippen LogP contribution is -2.47. The molecule has 1 aliphatic heterocycles. The molecule has 1 fully saturated rings. The van der Waals surface area contributed by atoms with Gasteiger partial charge < -0.3 is 9.52 Å². The van der Waals surface area contributed by atoms with E-state index < -0.39 is 12.0 Å². The van der Waals surface area contributed by atoms with Gasteiger partial charge in [0.2, 0.25) is 0 Å². The van der Waals surface area contributed by atoms with E-state index in [1.54, 1.807) is 50.5 Å². The highest BCUT2D eigenvalue weighted by Gasteiger charge is 2.41. The van der Waals surface area contributed by atoms with E-state index in [4.69, 9.17) is 16.6 Å². The summed E-state index contributed by atoms with van der Waals surface area (Å²) in [6.45, 7) is 3.50. The second-order valence-corrected chi connectivity index (χ2v) is 6.65. The van der Waals surface area contributed by atoms with Crippen molar-refractivity contribution in [3.63, 3.8) is 0 Å². The van der Waals surface area contributed by atoms with Crippen molar-refractivity contribution in [1.29, 1.82) is 0 Å². The van der Waals surface area contributed by atoms with Crippen molar-refractivity contribution >= 4 is 46.3 Å². The fourth-order valence-corrected chi connectivity index (χ4v) is 3.32. The number of hydrogen-bond donors (Lipinski definition) is 1. The van der Waals surface area contributed by atoms with E-state index in [1.165, 1.54) is 4.90 Å². The SMILES string of the molecule is CC(C)[C@@H](C(=O)O)N1C(=O)/C(=C/C=C/c2ccco2)SC1=S. The molecule has 0 radical (unpaired) electrons. The predicted octanol–water partition coefficient (Wildman–Crippen LogP) is 3.15. The molecule has 116 valence electrons. The summed E-state index contributed by atoms with van der Waals surface area (Å²) in [6, 6.07) is 2.60. The van der Waals surface area contributed by atoms with Crippen molar-refractivity contribution in [1.82, 2.24) is 4.90 Å². The Kier molecular flexibility index (Phi) is 5.20. The van der Waals surface area contributed by atoms with E-state index >= 15 is 0 Å². The van der Waals surface area contributed by atoms with Crippen molar-refractivity contribution in [3.8, 4) is 0 Å². The number of amides is 1. The molecule has 0 aromatic carbocycles. The van der Waals surface area contributed by atoms with Crippen LogP contribution in [0, 0.1) is 5.92 Å². The van der Waals surface area contributed by atoms with E-state index in [0.29, 0.717) is 10.7 Å². The molecule has 1 aliphatic rings. The Bertz CT molecular complexity index is 647. The van der Waals surface area contributed by atoms with Crippen LogP contribution < -0.4 is 0 Å². The largest absolute Gasteiger partial charge is 0.480 e. The third kappa shape index (κ3) is 3.48. The number of carbonyl (C=O) groups is 2. The molecule has 5 nitrogen and oxygen atoms in total. The monoisotopic (exact) mass is 337 g/mol. The average Bonchev–Trinajstić information content (AvgIpc) is 3.02. The first-order chi connectivity index (χ1) is 10.4. The first-order valence-electron chi connectivity index (χ1n) is 6.62. The maximum atomic E-state index is 12.4. The van der Waals surface area contributed by atoms with Crippen LogP contribution in [0.5, 0.6) is 0 Å². The van der Waals surface area contributed by atoms with Gasteiger partial charge in [0.05, 0.1) is 11.2 Å². The normalized spacial score (nSPS) is 18.9. The Morgan fingerprint density at radius 3 is 2.77 bits per heavy atom. The Morgan fingerprint density at radius 2 is 2.23 bits per heavy atom. The smallest absolute Gasteiger partial charge is 0.327 e. The number of nitrogens with zero attached hydrogens (tertiary/aromatic N) is 1. The molecule has 22 heavy (non-hydrogen) atoms. The average molecular weight is 337 g/mol. The molecule has 2 rings (SSSR count). The molecule has 0 saturated carbocycles. The van der Waals surface area contributed by atoms with E-state index in [-0.39, 0.29) is 16.1 Å². The Morgan fingerprint density at radius 1 is 1.50 bits per heavy atom. The molecular weight excluding hydrogens is 322 g/mol. The molecule has 0 unspecified atom stereocenters. The Labute approximate surface area is 137 Å². The topological polar surface area (TPSA) is 70.8 Å². The van der Waals surface area contributed by atoms with Gasteiger partial charge >= 0.3 is 5.97 Å². The number of carboxylic acids is 1. The van der Waals surface area contributed by atoms with Gasteiger partial charge in [-0.2, -0.15) is 0 Å². The van der Waals surface area contributed by atoms with Crippen LogP contribution >= 0.6 is 24.0 Å². The van der Waals surface area contributed by atoms with Gasteiger partial charge in [0.25, 0.3) is 5.91 Å². The van der Waals surface area contributed by atoms with Crippen molar-refractivity contribution in [2.45, 2.75) is 19.9 Å². The number of thioether (sulfide) groups is 1. The molecule has 1 atom stereocenters. The first-order valence-corrected chi connectivity index (χ1v) is 7.84. The second kappa shape index (κ2) is 6.93. The molecule has 7 heteroatoms. The Hall–Kier alpha value is -1.86. The van der Waals surface area contributed by atoms with Crippen molar-refractivity contribution in [3.05, 3.63) is 41.2 Å². The molecule has 0 aliphatic carbocycles. The summed E-state index contributed by atoms with van der Waals surface area (Å²) < 4.78 is 5.41. The van der Waals surface area contributed by atoms with E-state index in [0.717, 1.165) is 11.8 Å². The number of rotatable bonds is 5. The highest BCUT2D eigenvalue weighted by molar-refractivity contribution is 8.26. The Balaban J connectivity index is 2.19. The molecule has 0 spiro atoms. The lowest BCUT2D eigenvalue weighted by molar-refractivity contribution is -0.146. The van der Waals surface area contributed by atoms with Gasteiger partial charge in [-0.3, -0.25) is 9.69 Å². The summed E-state index contributed by atoms with van der Waals surface area (Å²) in [5.41, 5.74) is 0. The minimum Gasteiger partial charge on any atom is -0.480 e. The minimum absolute atomic E-state index is 0.238. The zero-order valence-electron chi connectivity index (χ0n) is 12.1. The molecule has 1 saturated heterocycles. The summed E-state index contributed by atoms with van der Waals surface area (Å²) in [5, 5.41) is 9.32. The summed E-state index contributed by atoms with van der Waals surface area (Å²) in [7, 11) is 0. The van der Waals surface area contributed by atoms with Gasteiger partial charge in [-0.1, -0.05) is 43.9 Å². The van der Waals surface area contributed by atoms with Crippen LogP contribution in [0.15, 0.2) is 39.9 Å². The summed E-state index contributed by atoms with van der Waals surface area (Å²) in [6.07, 6.45) is 6.56. The molecule has 1 aromatic rings. The van der Waals surface area contributed by atoms with Crippen LogP contribution in [0.4, 0.5) is 0 Å². The second-order valence-electron chi connectivity index (χ2n) is 4.98. The maximum Gasteiger partial charge on any atom is 0.327 e. The van der Waals surface area contributed by atoms with E-state index in [1.807, 2.05) is 0 Å². The van der Waals surface area contributed by atoms with Gasteiger partial charge in [0, 0.05) is 0 Å². The zero-order chi connectivity index (χ0) is 16.3. The molecule has 1 aromatic heterocycles. The van der Waals surface area contributed by atoms with Crippen LogP contribution in [-0.4, -0.2) is 32.2 Å². The molecule has 1 N–H and O–H groups in total. The molecule has 2 heterocycles. The number of thiocarbonyl (C=S) groups is 1. The summed E-state index contributed by atoms with van der Waals surface area (Å²) in [5.74, 6) is -1.01. The number of furan rings is 1. The predicted molar refractivity (Wildman–Crippen MR) is 89.1 cm³/mol. The molecule has 0 bridgehead atoms. The number of carboxylic acid groups (broad SMARTS) is 1. The van der Waals surface area contributed by atoms with Crippen LogP contribution in [-0.2, 0) is 9.59 Å². The highest BCUT2D eigenvalue weighted by Crippen LogP contribution is 2.34. The fraction of sp³-hybridized carbons (Fsp3) is 0.267. The highest BCUT2D eigenvalue weighted by atomic mass is 32.2. The van der Waals surface area contributed by atoms with Crippen LogP contribution in [0.1, 0.15) is 19.6 Å². The van der Waals surface area contributed by atoms with Gasteiger partial charge in [0.1, 0.15) is 16.1 Å². The first kappa shape index (κ1) is 16.5. The lowest BCUT2D eigenvalue weighted by Gasteiger charge is -2.26. The third-order valence-corrected chi connectivity index (χ3v) is 4.39. The van der Waals surface area contributed by atoms with Crippen LogP contribution in [0.25, 0.3) is 6.08 Å². The van der Waals surface area contributed by atoms with Crippen molar-refractivity contribution in [2.24, 2.45) is 5.92 Å². The minimum atomic E-state index is -1.06. The zero-order valence-corrected chi connectivity index (χ0v) is 13.7. The van der Waals surface area contributed by atoms with E-state index in [9.17, 15) is 14.7 Å². The standard InChI is InChI=1S/C15H15NO4S2/c1-9(2)12(14(18)19)16-13(17)11(22-15(16)21)7-3-5-10-6-4-8-20-10/h3-9,12H,1-2H3,(H,18,19)/b5-3+,11-7-/t12-/m0/s1. The number of carbonyl (C=O) groups excluding carboxylic acids is 1. The number of hydrogen-bond acceptors (Lipinski definition) is 5. The summed E-state index contributed by atoms with van der Waals surface area (Å²) >= 11 is 6.27. The van der Waals surface area contributed by atoms with E-state index in [2.05, 4.69) is 0 Å². The van der Waals surface area contributed by atoms with Gasteiger partial charge in [-0.25, -0.2) is 4.79 Å². The van der Waals surface area contributed by atoms with Crippen LogP contribution in [0.2, 0.25) is 0 Å². The summed E-state index contributed by atoms with van der Waals surface area (Å²) in [4.78, 5) is 25.4. The van der Waals surface area contributed by atoms with Gasteiger partial charge in [-0.15, -0.1) is 0 Å². The van der Waals surface area contributed by atoms with Crippen molar-refractivity contribution < 1.29 is 19.1 Å². The van der Waals surface area contributed by atoms with Gasteiger partial charge in [0.15, 0.2) is 0 Å². The third-order valence-electron chi connectivity index (χ3n) is 3.04. The van der Waals surface area contributed by atoms with Crippen molar-refractivity contribution in [2.75, 3.05) is 0 Å². The number of aliphatic carboxylic acids is 1. The molecule has 1 amide bonds. The number of allylic oxidation sites excluding steroid dienone is 2. The quantitative estimate of drug-likeness (QED) is 0.657. The molecular formula is C15H15NO4S2. The fourth-order valence-electron chi connectivity index (χ4n) is 2.04. The van der Waals surface area contributed by atoms with Crippen LogP contribution in [0.3, 0.4) is 0 Å². The van der Waals surface area contributed by atoms with Gasteiger partial charge in [-0.05, 0) is 30.2 Å². The maximum absolute atomic E-state index is 12.4.